The van der Waals surface area contributed by atoms with E-state index in [0.29, 0.717) is 13.1 Å². The number of benzene rings is 1. The van der Waals surface area contributed by atoms with Crippen LogP contribution in [-0.4, -0.2) is 40.9 Å². The number of carbonyl (C=O) groups excluding carboxylic acids is 1. The van der Waals surface area contributed by atoms with Crippen LogP contribution in [0.1, 0.15) is 84.3 Å². The molecule has 1 aromatic carbocycles. The largest absolute Gasteiger partial charge is 0.444 e. The van der Waals surface area contributed by atoms with Gasteiger partial charge in [0.05, 0.1) is 6.10 Å². The molecule has 4 nitrogen and oxygen atoms in total. The van der Waals surface area contributed by atoms with Crippen LogP contribution in [0.3, 0.4) is 0 Å². The van der Waals surface area contributed by atoms with E-state index in [4.69, 9.17) is 4.74 Å². The third-order valence-corrected chi connectivity index (χ3v) is 6.51. The molecule has 0 aromatic heterocycles. The molecule has 1 amide bonds. The number of hydrogen-bond acceptors (Lipinski definition) is 3. The Kier molecular flexibility index (Phi) is 5.57. The molecule has 2 fully saturated rings. The number of aliphatic hydroxyl groups is 1. The number of aliphatic hydroxyl groups excluding tert-OH is 1. The molecule has 1 spiro atoms. The Labute approximate surface area is 170 Å². The van der Waals surface area contributed by atoms with E-state index in [1.54, 1.807) is 0 Å². The van der Waals surface area contributed by atoms with E-state index in [0.717, 1.165) is 25.7 Å². The van der Waals surface area contributed by atoms with Crippen LogP contribution in [0.4, 0.5) is 4.79 Å². The van der Waals surface area contributed by atoms with E-state index in [1.807, 2.05) is 25.7 Å². The van der Waals surface area contributed by atoms with Gasteiger partial charge < -0.3 is 14.7 Å². The quantitative estimate of drug-likeness (QED) is 0.717. The van der Waals surface area contributed by atoms with Gasteiger partial charge >= 0.3 is 6.09 Å². The van der Waals surface area contributed by atoms with Crippen molar-refractivity contribution in [3.8, 4) is 0 Å². The predicted molar refractivity (Wildman–Crippen MR) is 113 cm³/mol. The third kappa shape index (κ3) is 4.37. The number of amides is 1. The minimum absolute atomic E-state index is 0.0778. The Hall–Kier alpha value is -1.55. The van der Waals surface area contributed by atoms with Gasteiger partial charge in [-0.1, -0.05) is 45.0 Å². The number of rotatable bonds is 1. The first-order chi connectivity index (χ1) is 12.9. The molecule has 2 atom stereocenters. The summed E-state index contributed by atoms with van der Waals surface area (Å²) in [7, 11) is 0. The molecule has 156 valence electrons. The van der Waals surface area contributed by atoms with Gasteiger partial charge in [-0.05, 0) is 68.4 Å². The Balaban J connectivity index is 1.78. The highest BCUT2D eigenvalue weighted by molar-refractivity contribution is 5.68. The van der Waals surface area contributed by atoms with Crippen LogP contribution in [0.25, 0.3) is 0 Å². The minimum Gasteiger partial charge on any atom is -0.444 e. The van der Waals surface area contributed by atoms with Crippen molar-refractivity contribution < 1.29 is 14.6 Å². The SMILES string of the molecule is CC(C)(C)OC(=O)N1CCC2(CCC(O)C2c2cccc(C(C)(C)C)c2)CC1. The van der Waals surface area contributed by atoms with E-state index in [9.17, 15) is 9.90 Å². The summed E-state index contributed by atoms with van der Waals surface area (Å²) in [6.07, 6.45) is 3.20. The van der Waals surface area contributed by atoms with Crippen LogP contribution in [0.5, 0.6) is 0 Å². The normalized spacial score (nSPS) is 25.2. The van der Waals surface area contributed by atoms with Gasteiger partial charge in [-0.3, -0.25) is 0 Å². The number of nitrogens with zero attached hydrogens (tertiary/aromatic N) is 1. The summed E-state index contributed by atoms with van der Waals surface area (Å²) in [5.74, 6) is 0.149. The molecular formula is C24H37NO3. The smallest absolute Gasteiger partial charge is 0.410 e. The Morgan fingerprint density at radius 3 is 2.32 bits per heavy atom. The molecule has 1 saturated carbocycles. The van der Waals surface area contributed by atoms with Crippen molar-refractivity contribution in [2.45, 2.75) is 90.3 Å². The highest BCUT2D eigenvalue weighted by Gasteiger charge is 2.50. The lowest BCUT2D eigenvalue weighted by Crippen LogP contribution is -2.46. The second-order valence-corrected chi connectivity index (χ2v) is 10.8. The Bertz CT molecular complexity index is 705. The second kappa shape index (κ2) is 7.37. The Morgan fingerprint density at radius 1 is 1.11 bits per heavy atom. The number of likely N-dealkylation sites (tertiary alicyclic amines) is 1. The molecule has 0 bridgehead atoms. The van der Waals surface area contributed by atoms with Crippen molar-refractivity contribution in [3.63, 3.8) is 0 Å². The molecule has 0 radical (unpaired) electrons. The van der Waals surface area contributed by atoms with Gasteiger partial charge in [-0.15, -0.1) is 0 Å². The molecule has 4 heteroatoms. The molecule has 1 heterocycles. The zero-order valence-corrected chi connectivity index (χ0v) is 18.4. The first-order valence-corrected chi connectivity index (χ1v) is 10.7. The maximum absolute atomic E-state index is 12.4. The lowest BCUT2D eigenvalue weighted by atomic mass is 9.67. The van der Waals surface area contributed by atoms with Gasteiger partial charge in [-0.2, -0.15) is 0 Å². The topological polar surface area (TPSA) is 49.8 Å². The van der Waals surface area contributed by atoms with Crippen LogP contribution in [0.15, 0.2) is 24.3 Å². The Morgan fingerprint density at radius 2 is 1.75 bits per heavy atom. The zero-order valence-electron chi connectivity index (χ0n) is 18.4. The molecule has 1 aromatic rings. The third-order valence-electron chi connectivity index (χ3n) is 6.51. The van der Waals surface area contributed by atoms with Crippen LogP contribution >= 0.6 is 0 Å². The van der Waals surface area contributed by atoms with E-state index < -0.39 is 5.60 Å². The summed E-state index contributed by atoms with van der Waals surface area (Å²) in [6, 6.07) is 8.78. The summed E-state index contributed by atoms with van der Waals surface area (Å²) in [5.41, 5.74) is 2.26. The van der Waals surface area contributed by atoms with E-state index in [2.05, 4.69) is 45.0 Å². The number of hydrogen-bond donors (Lipinski definition) is 1. The fourth-order valence-corrected chi connectivity index (χ4v) is 4.96. The van der Waals surface area contributed by atoms with Crippen LogP contribution in [0.2, 0.25) is 0 Å². The predicted octanol–water partition coefficient (Wildman–Crippen LogP) is 5.24. The number of carbonyl (C=O) groups is 1. The van der Waals surface area contributed by atoms with Crippen molar-refractivity contribution in [1.82, 2.24) is 4.90 Å². The first-order valence-electron chi connectivity index (χ1n) is 10.7. The minimum atomic E-state index is -0.467. The fraction of sp³-hybridized carbons (Fsp3) is 0.708. The molecule has 3 rings (SSSR count). The van der Waals surface area contributed by atoms with Crippen molar-refractivity contribution in [3.05, 3.63) is 35.4 Å². The van der Waals surface area contributed by atoms with E-state index in [-0.39, 0.29) is 28.9 Å². The van der Waals surface area contributed by atoms with Gasteiger partial charge in [-0.25, -0.2) is 4.79 Å². The summed E-state index contributed by atoms with van der Waals surface area (Å²) in [4.78, 5) is 14.3. The number of piperidine rings is 1. The molecule has 1 saturated heterocycles. The number of ether oxygens (including phenoxy) is 1. The highest BCUT2D eigenvalue weighted by Crippen LogP contribution is 2.55. The molecule has 1 aliphatic heterocycles. The van der Waals surface area contributed by atoms with E-state index in [1.165, 1.54) is 11.1 Å². The molecule has 2 aliphatic rings. The van der Waals surface area contributed by atoms with Gasteiger partial charge in [0.2, 0.25) is 0 Å². The molecule has 28 heavy (non-hydrogen) atoms. The first kappa shape index (κ1) is 21.2. The van der Waals surface area contributed by atoms with Gasteiger partial charge in [0, 0.05) is 19.0 Å². The lowest BCUT2D eigenvalue weighted by Gasteiger charge is -2.44. The standard InChI is InChI=1S/C24H37NO3/c1-22(2,3)18-9-7-8-17(16-18)20-19(26)10-11-24(20)12-14-25(15-13-24)21(27)28-23(4,5)6/h7-9,16,19-20,26H,10-15H2,1-6H3. The summed E-state index contributed by atoms with van der Waals surface area (Å²) in [5, 5.41) is 10.9. The zero-order chi connectivity index (χ0) is 20.7. The van der Waals surface area contributed by atoms with Crippen LogP contribution in [0, 0.1) is 5.41 Å². The molecular weight excluding hydrogens is 350 g/mol. The lowest BCUT2D eigenvalue weighted by molar-refractivity contribution is 0.00559. The maximum Gasteiger partial charge on any atom is 0.410 e. The highest BCUT2D eigenvalue weighted by atomic mass is 16.6. The van der Waals surface area contributed by atoms with Crippen LogP contribution in [-0.2, 0) is 10.2 Å². The monoisotopic (exact) mass is 387 g/mol. The fourth-order valence-electron chi connectivity index (χ4n) is 4.96. The van der Waals surface area contributed by atoms with E-state index >= 15 is 0 Å². The van der Waals surface area contributed by atoms with Gasteiger partial charge in [0.15, 0.2) is 0 Å². The van der Waals surface area contributed by atoms with Crippen molar-refractivity contribution in [1.29, 1.82) is 0 Å². The van der Waals surface area contributed by atoms with Gasteiger partial charge in [0.1, 0.15) is 5.60 Å². The van der Waals surface area contributed by atoms with Crippen molar-refractivity contribution >= 4 is 6.09 Å². The summed E-state index contributed by atoms with van der Waals surface area (Å²) in [6.45, 7) is 13.8. The summed E-state index contributed by atoms with van der Waals surface area (Å²) < 4.78 is 5.55. The average molecular weight is 388 g/mol. The van der Waals surface area contributed by atoms with Gasteiger partial charge in [0.25, 0.3) is 0 Å². The average Bonchev–Trinajstić information content (AvgIpc) is 2.89. The van der Waals surface area contributed by atoms with Crippen LogP contribution < -0.4 is 0 Å². The maximum atomic E-state index is 12.4. The molecule has 1 N–H and O–H groups in total. The van der Waals surface area contributed by atoms with Crippen molar-refractivity contribution in [2.24, 2.45) is 5.41 Å². The second-order valence-electron chi connectivity index (χ2n) is 10.8. The summed E-state index contributed by atoms with van der Waals surface area (Å²) >= 11 is 0. The molecule has 1 aliphatic carbocycles. The van der Waals surface area contributed by atoms with Crippen molar-refractivity contribution in [2.75, 3.05) is 13.1 Å². The molecule has 2 unspecified atom stereocenters.